The van der Waals surface area contributed by atoms with Crippen LogP contribution in [0.3, 0.4) is 0 Å². The van der Waals surface area contributed by atoms with E-state index in [1.165, 1.54) is 17.0 Å². The van der Waals surface area contributed by atoms with E-state index in [9.17, 15) is 14.7 Å². The Kier molecular flexibility index (Phi) is 2.96. The number of aliphatic carboxylic acids is 1. The summed E-state index contributed by atoms with van der Waals surface area (Å²) in [4.78, 5) is 23.8. The second-order valence-corrected chi connectivity index (χ2v) is 4.13. The number of hydrogen-bond donors (Lipinski definition) is 2. The molecule has 2 unspecified atom stereocenters. The van der Waals surface area contributed by atoms with E-state index >= 15 is 0 Å². The van der Waals surface area contributed by atoms with Crippen molar-refractivity contribution in [1.29, 1.82) is 0 Å². The molecule has 6 heteroatoms. The average Bonchev–Trinajstić information content (AvgIpc) is 2.35. The Labute approximate surface area is 103 Å². The summed E-state index contributed by atoms with van der Waals surface area (Å²) in [5.74, 6) is -1.07. The maximum Gasteiger partial charge on any atom is 0.337 e. The fraction of sp³-hybridized carbons (Fsp3) is 0.333. The van der Waals surface area contributed by atoms with Gasteiger partial charge in [-0.25, -0.2) is 4.79 Å². The number of likely N-dealkylation sites (N-methyl/N-ethyl adjacent to an activating group) is 1. The molecule has 18 heavy (non-hydrogen) atoms. The molecule has 1 heterocycles. The Morgan fingerprint density at radius 3 is 2.78 bits per heavy atom. The van der Waals surface area contributed by atoms with Gasteiger partial charge in [-0.05, 0) is 24.6 Å². The van der Waals surface area contributed by atoms with Crippen molar-refractivity contribution in [3.63, 3.8) is 0 Å². The lowest BCUT2D eigenvalue weighted by Crippen LogP contribution is -2.42. The van der Waals surface area contributed by atoms with Crippen LogP contribution in [0, 0.1) is 0 Å². The number of rotatable bonds is 2. The number of benzene rings is 1. The third-order valence-electron chi connectivity index (χ3n) is 2.88. The summed E-state index contributed by atoms with van der Waals surface area (Å²) >= 11 is 0. The number of carboxylic acid groups (broad SMARTS) is 1. The predicted molar refractivity (Wildman–Crippen MR) is 62.5 cm³/mol. The summed E-state index contributed by atoms with van der Waals surface area (Å²) in [6, 6.07) is 4.46. The molecule has 0 fully saturated rings. The number of carbonyl (C=O) groups is 2. The van der Waals surface area contributed by atoms with Crippen LogP contribution in [-0.2, 0) is 9.59 Å². The van der Waals surface area contributed by atoms with E-state index in [2.05, 4.69) is 0 Å². The maximum atomic E-state index is 11.7. The van der Waals surface area contributed by atoms with Gasteiger partial charge in [-0.1, -0.05) is 6.07 Å². The molecule has 0 saturated carbocycles. The number of hydrogen-bond acceptors (Lipinski definition) is 4. The lowest BCUT2D eigenvalue weighted by molar-refractivity contribution is -0.146. The zero-order chi connectivity index (χ0) is 13.4. The second-order valence-electron chi connectivity index (χ2n) is 4.13. The zero-order valence-corrected chi connectivity index (χ0v) is 9.95. The highest BCUT2D eigenvalue weighted by Crippen LogP contribution is 2.35. The predicted octanol–water partition coefficient (Wildman–Crippen LogP) is 0.548. The van der Waals surface area contributed by atoms with Gasteiger partial charge in [-0.15, -0.1) is 0 Å². The molecule has 0 bridgehead atoms. The van der Waals surface area contributed by atoms with Crippen LogP contribution < -0.4 is 9.64 Å². The summed E-state index contributed by atoms with van der Waals surface area (Å²) < 4.78 is 5.39. The number of aliphatic hydroxyl groups excluding tert-OH is 1. The lowest BCUT2D eigenvalue weighted by Gasteiger charge is -2.30. The molecule has 1 aromatic carbocycles. The van der Waals surface area contributed by atoms with Gasteiger partial charge in [0.2, 0.25) is 0 Å². The number of ether oxygens (including phenoxy) is 1. The summed E-state index contributed by atoms with van der Waals surface area (Å²) in [5, 5.41) is 18.2. The van der Waals surface area contributed by atoms with E-state index < -0.39 is 18.2 Å². The highest BCUT2D eigenvalue weighted by atomic mass is 16.5. The fourth-order valence-electron chi connectivity index (χ4n) is 1.84. The minimum absolute atomic E-state index is 0.207. The largest absolute Gasteiger partial charge is 0.479 e. The number of carbonyl (C=O) groups excluding carboxylic acids is 1. The molecule has 0 radical (unpaired) electrons. The van der Waals surface area contributed by atoms with Gasteiger partial charge < -0.3 is 19.8 Å². The first-order valence-electron chi connectivity index (χ1n) is 5.41. The molecule has 6 nitrogen and oxygen atoms in total. The first kappa shape index (κ1) is 12.4. The molecule has 2 N–H and O–H groups in total. The third-order valence-corrected chi connectivity index (χ3v) is 2.88. The molecule has 1 aliphatic rings. The minimum atomic E-state index is -1.61. The zero-order valence-electron chi connectivity index (χ0n) is 9.95. The van der Waals surface area contributed by atoms with Gasteiger partial charge in [0, 0.05) is 7.05 Å². The Balaban J connectivity index is 2.43. The van der Waals surface area contributed by atoms with Crippen molar-refractivity contribution in [3.05, 3.63) is 23.8 Å². The number of aliphatic hydroxyl groups is 1. The molecular weight excluding hydrogens is 238 g/mol. The van der Waals surface area contributed by atoms with Gasteiger partial charge in [0.15, 0.2) is 12.2 Å². The van der Waals surface area contributed by atoms with Crippen molar-refractivity contribution >= 4 is 17.6 Å². The molecule has 2 rings (SSSR count). The number of anilines is 1. The van der Waals surface area contributed by atoms with Gasteiger partial charge in [0.1, 0.15) is 5.75 Å². The van der Waals surface area contributed by atoms with Crippen LogP contribution in [0.1, 0.15) is 18.6 Å². The molecular formula is C12H13NO5. The molecule has 2 atom stereocenters. The third kappa shape index (κ3) is 1.91. The molecule has 0 aliphatic carbocycles. The first-order valence-corrected chi connectivity index (χ1v) is 5.41. The smallest absolute Gasteiger partial charge is 0.337 e. The first-order chi connectivity index (χ1) is 8.41. The van der Waals surface area contributed by atoms with Crippen LogP contribution in [0.15, 0.2) is 18.2 Å². The Bertz CT molecular complexity index is 513. The van der Waals surface area contributed by atoms with Crippen molar-refractivity contribution in [2.75, 3.05) is 11.9 Å². The van der Waals surface area contributed by atoms with Crippen LogP contribution in [0.5, 0.6) is 5.75 Å². The van der Waals surface area contributed by atoms with E-state index in [1.54, 1.807) is 20.0 Å². The summed E-state index contributed by atoms with van der Waals surface area (Å²) in [5.41, 5.74) is 0.662. The summed E-state index contributed by atoms with van der Waals surface area (Å²) in [6.07, 6.45) is -2.18. The summed E-state index contributed by atoms with van der Waals surface area (Å²) in [6.45, 7) is 1.64. The highest BCUT2D eigenvalue weighted by Gasteiger charge is 2.30. The highest BCUT2D eigenvalue weighted by molar-refractivity contribution is 5.99. The molecule has 0 spiro atoms. The van der Waals surface area contributed by atoms with Crippen LogP contribution in [-0.4, -0.2) is 35.2 Å². The van der Waals surface area contributed by atoms with Gasteiger partial charge in [-0.3, -0.25) is 4.79 Å². The monoisotopic (exact) mass is 251 g/mol. The fourth-order valence-corrected chi connectivity index (χ4v) is 1.84. The van der Waals surface area contributed by atoms with Crippen molar-refractivity contribution < 1.29 is 24.5 Å². The van der Waals surface area contributed by atoms with Crippen LogP contribution in [0.4, 0.5) is 5.69 Å². The Morgan fingerprint density at radius 2 is 2.17 bits per heavy atom. The van der Waals surface area contributed by atoms with Crippen LogP contribution in [0.2, 0.25) is 0 Å². The van der Waals surface area contributed by atoms with E-state index in [0.717, 1.165) is 0 Å². The molecule has 96 valence electrons. The normalized spacial score (nSPS) is 20.1. The number of nitrogens with zero attached hydrogens (tertiary/aromatic N) is 1. The standard InChI is InChI=1S/C12H13NO5/c1-6-11(15)13(2)8-5-7(10(14)12(16)17)3-4-9(8)18-6/h3-6,10,14H,1-2H3,(H,16,17). The lowest BCUT2D eigenvalue weighted by atomic mass is 10.1. The van der Waals surface area contributed by atoms with Crippen molar-refractivity contribution in [3.8, 4) is 5.75 Å². The quantitative estimate of drug-likeness (QED) is 0.801. The van der Waals surface area contributed by atoms with Gasteiger partial charge in [0.25, 0.3) is 5.91 Å². The van der Waals surface area contributed by atoms with Gasteiger partial charge in [0.05, 0.1) is 5.69 Å². The average molecular weight is 251 g/mol. The number of amides is 1. The molecule has 1 aromatic rings. The molecule has 1 aliphatic heterocycles. The SMILES string of the molecule is CC1Oc2ccc(C(O)C(=O)O)cc2N(C)C1=O. The van der Waals surface area contributed by atoms with E-state index in [-0.39, 0.29) is 11.5 Å². The molecule has 0 saturated heterocycles. The van der Waals surface area contributed by atoms with Gasteiger partial charge in [-0.2, -0.15) is 0 Å². The number of carboxylic acids is 1. The molecule has 0 aromatic heterocycles. The molecule has 1 amide bonds. The van der Waals surface area contributed by atoms with E-state index in [0.29, 0.717) is 11.4 Å². The topological polar surface area (TPSA) is 87.1 Å². The van der Waals surface area contributed by atoms with Crippen molar-refractivity contribution in [2.24, 2.45) is 0 Å². The maximum absolute atomic E-state index is 11.7. The number of fused-ring (bicyclic) bond motifs is 1. The van der Waals surface area contributed by atoms with Crippen LogP contribution in [0.25, 0.3) is 0 Å². The van der Waals surface area contributed by atoms with E-state index in [1.807, 2.05) is 0 Å². The van der Waals surface area contributed by atoms with E-state index in [4.69, 9.17) is 9.84 Å². The second kappa shape index (κ2) is 4.30. The minimum Gasteiger partial charge on any atom is -0.479 e. The Hall–Kier alpha value is -2.08. The van der Waals surface area contributed by atoms with Crippen molar-refractivity contribution in [2.45, 2.75) is 19.1 Å². The summed E-state index contributed by atoms with van der Waals surface area (Å²) in [7, 11) is 1.58. The van der Waals surface area contributed by atoms with Gasteiger partial charge >= 0.3 is 5.97 Å². The Morgan fingerprint density at radius 1 is 1.50 bits per heavy atom. The van der Waals surface area contributed by atoms with Crippen LogP contribution >= 0.6 is 0 Å². The van der Waals surface area contributed by atoms with Crippen molar-refractivity contribution in [1.82, 2.24) is 0 Å².